The molecule has 7 nitrogen and oxygen atoms in total. The van der Waals surface area contributed by atoms with Gasteiger partial charge in [-0.05, 0) is 38.0 Å². The number of rotatable bonds is 5. The lowest BCUT2D eigenvalue weighted by Gasteiger charge is -2.24. The third-order valence-corrected chi connectivity index (χ3v) is 4.62. The molecule has 1 unspecified atom stereocenters. The Morgan fingerprint density at radius 2 is 2.27 bits per heavy atom. The summed E-state index contributed by atoms with van der Waals surface area (Å²) in [5.41, 5.74) is 3.18. The number of pyridine rings is 1. The van der Waals surface area contributed by atoms with Crippen molar-refractivity contribution in [3.63, 3.8) is 0 Å². The fourth-order valence-corrected chi connectivity index (χ4v) is 3.27. The van der Waals surface area contributed by atoms with Gasteiger partial charge in [-0.2, -0.15) is 5.10 Å². The van der Waals surface area contributed by atoms with Crippen molar-refractivity contribution in [2.24, 2.45) is 10.9 Å². The number of nitrogens with one attached hydrogen (secondary N) is 1. The molecule has 1 fully saturated rings. The molecule has 1 aliphatic rings. The van der Waals surface area contributed by atoms with Crippen molar-refractivity contribution in [3.8, 4) is 5.82 Å². The molecule has 0 saturated carbocycles. The maximum absolute atomic E-state index is 5.46. The lowest BCUT2D eigenvalue weighted by atomic mass is 10.1. The Kier molecular flexibility index (Phi) is 5.88. The summed E-state index contributed by atoms with van der Waals surface area (Å²) in [5, 5.41) is 7.88. The lowest BCUT2D eigenvalue weighted by molar-refractivity contribution is 0.181. The highest BCUT2D eigenvalue weighted by Gasteiger charge is 2.19. The summed E-state index contributed by atoms with van der Waals surface area (Å²) in [6.45, 7) is 7.38. The molecular weight excluding hydrogens is 328 g/mol. The molecule has 0 aliphatic carbocycles. The third kappa shape index (κ3) is 4.40. The molecule has 3 heterocycles. The lowest BCUT2D eigenvalue weighted by Crippen LogP contribution is -2.41. The quantitative estimate of drug-likeness (QED) is 0.655. The van der Waals surface area contributed by atoms with Crippen LogP contribution in [0.25, 0.3) is 5.82 Å². The number of guanidine groups is 1. The first-order valence-corrected chi connectivity index (χ1v) is 9.05. The first kappa shape index (κ1) is 18.4. The molecule has 3 rings (SSSR count). The zero-order chi connectivity index (χ0) is 18.5. The van der Waals surface area contributed by atoms with E-state index in [-0.39, 0.29) is 0 Å². The van der Waals surface area contributed by atoms with Crippen molar-refractivity contribution in [1.29, 1.82) is 0 Å². The second-order valence-corrected chi connectivity index (χ2v) is 6.87. The van der Waals surface area contributed by atoms with Gasteiger partial charge in [-0.1, -0.05) is 6.07 Å². The van der Waals surface area contributed by atoms with E-state index in [1.807, 2.05) is 43.9 Å². The third-order valence-electron chi connectivity index (χ3n) is 4.62. The molecule has 2 aromatic rings. The highest BCUT2D eigenvalue weighted by molar-refractivity contribution is 5.79. The zero-order valence-electron chi connectivity index (χ0n) is 16.1. The predicted molar refractivity (Wildman–Crippen MR) is 103 cm³/mol. The van der Waals surface area contributed by atoms with Crippen molar-refractivity contribution >= 4 is 5.96 Å². The SMILES string of the molecule is CN=C(NCc1ccc(-n2nc(C)cc2C)nc1)N(C)CC1CCOC1. The average Bonchev–Trinajstić information content (AvgIpc) is 3.25. The fourth-order valence-electron chi connectivity index (χ4n) is 3.27. The molecule has 0 radical (unpaired) electrons. The van der Waals surface area contributed by atoms with Crippen LogP contribution in [-0.4, -0.2) is 59.5 Å². The number of hydrogen-bond acceptors (Lipinski definition) is 4. The van der Waals surface area contributed by atoms with Gasteiger partial charge in [0.2, 0.25) is 0 Å². The molecule has 1 aliphatic heterocycles. The van der Waals surface area contributed by atoms with E-state index in [4.69, 9.17) is 4.74 Å². The number of aryl methyl sites for hydroxylation is 2. The summed E-state index contributed by atoms with van der Waals surface area (Å²) < 4.78 is 7.32. The molecule has 1 saturated heterocycles. The van der Waals surface area contributed by atoms with E-state index in [0.29, 0.717) is 12.5 Å². The second-order valence-electron chi connectivity index (χ2n) is 6.87. The Bertz CT molecular complexity index is 746. The minimum absolute atomic E-state index is 0.584. The van der Waals surface area contributed by atoms with Gasteiger partial charge in [-0.15, -0.1) is 0 Å². The van der Waals surface area contributed by atoms with E-state index >= 15 is 0 Å². The van der Waals surface area contributed by atoms with E-state index in [2.05, 4.69) is 38.4 Å². The second kappa shape index (κ2) is 8.31. The smallest absolute Gasteiger partial charge is 0.193 e. The number of ether oxygens (including phenoxy) is 1. The Morgan fingerprint density at radius 3 is 2.85 bits per heavy atom. The normalized spacial score (nSPS) is 17.5. The number of nitrogens with zero attached hydrogens (tertiary/aromatic N) is 5. The maximum atomic E-state index is 5.46. The molecule has 7 heteroatoms. The van der Waals surface area contributed by atoms with Crippen LogP contribution < -0.4 is 5.32 Å². The van der Waals surface area contributed by atoms with Crippen molar-refractivity contribution in [2.45, 2.75) is 26.8 Å². The molecule has 0 spiro atoms. The van der Waals surface area contributed by atoms with Gasteiger partial charge in [-0.25, -0.2) is 9.67 Å². The monoisotopic (exact) mass is 356 g/mol. The summed E-state index contributed by atoms with van der Waals surface area (Å²) in [6.07, 6.45) is 3.01. The van der Waals surface area contributed by atoms with Crippen LogP contribution in [-0.2, 0) is 11.3 Å². The number of aliphatic imine (C=N–C) groups is 1. The minimum Gasteiger partial charge on any atom is -0.381 e. The minimum atomic E-state index is 0.584. The predicted octanol–water partition coefficient (Wildman–Crippen LogP) is 1.93. The molecule has 0 aromatic carbocycles. The summed E-state index contributed by atoms with van der Waals surface area (Å²) >= 11 is 0. The van der Waals surface area contributed by atoms with E-state index < -0.39 is 0 Å². The first-order valence-electron chi connectivity index (χ1n) is 9.05. The Labute approximate surface area is 155 Å². The molecule has 0 amide bonds. The number of hydrogen-bond donors (Lipinski definition) is 1. The fraction of sp³-hybridized carbons (Fsp3) is 0.526. The van der Waals surface area contributed by atoms with Crippen LogP contribution in [0.4, 0.5) is 0 Å². The van der Waals surface area contributed by atoms with Crippen molar-refractivity contribution < 1.29 is 4.74 Å². The molecule has 1 atom stereocenters. The van der Waals surface area contributed by atoms with Gasteiger partial charge in [0.05, 0.1) is 12.3 Å². The number of aromatic nitrogens is 3. The van der Waals surface area contributed by atoms with Crippen molar-refractivity contribution in [3.05, 3.63) is 41.3 Å². The first-order chi connectivity index (χ1) is 12.6. The molecule has 140 valence electrons. The summed E-state index contributed by atoms with van der Waals surface area (Å²) in [6, 6.07) is 6.12. The molecule has 1 N–H and O–H groups in total. The highest BCUT2D eigenvalue weighted by Crippen LogP contribution is 2.13. The molecule has 0 bridgehead atoms. The molecule has 2 aromatic heterocycles. The summed E-state index contributed by atoms with van der Waals surface area (Å²) in [4.78, 5) is 11.1. The Morgan fingerprint density at radius 1 is 1.42 bits per heavy atom. The van der Waals surface area contributed by atoms with Gasteiger partial charge in [-0.3, -0.25) is 4.99 Å². The van der Waals surface area contributed by atoms with Crippen LogP contribution in [0, 0.1) is 19.8 Å². The van der Waals surface area contributed by atoms with Crippen LogP contribution in [0.5, 0.6) is 0 Å². The van der Waals surface area contributed by atoms with Crippen molar-refractivity contribution in [2.75, 3.05) is 33.9 Å². The van der Waals surface area contributed by atoms with E-state index in [0.717, 1.165) is 54.9 Å². The Hall–Kier alpha value is -2.41. The van der Waals surface area contributed by atoms with Crippen LogP contribution in [0.1, 0.15) is 23.4 Å². The van der Waals surface area contributed by atoms with Crippen LogP contribution >= 0.6 is 0 Å². The van der Waals surface area contributed by atoms with E-state index in [1.54, 1.807) is 0 Å². The van der Waals surface area contributed by atoms with E-state index in [9.17, 15) is 0 Å². The van der Waals surface area contributed by atoms with Crippen LogP contribution in [0.3, 0.4) is 0 Å². The van der Waals surface area contributed by atoms with Gasteiger partial charge in [0.15, 0.2) is 11.8 Å². The molecule has 26 heavy (non-hydrogen) atoms. The topological polar surface area (TPSA) is 67.6 Å². The standard InChI is InChI=1S/C19H28N6O/c1-14-9-15(2)25(23-14)18-6-5-16(10-21-18)11-22-19(20-3)24(4)12-17-7-8-26-13-17/h5-6,9-10,17H,7-8,11-13H2,1-4H3,(H,20,22). The summed E-state index contributed by atoms with van der Waals surface area (Å²) in [5.74, 6) is 2.31. The van der Waals surface area contributed by atoms with Crippen LogP contribution in [0.15, 0.2) is 29.4 Å². The van der Waals surface area contributed by atoms with E-state index in [1.165, 1.54) is 0 Å². The zero-order valence-corrected chi connectivity index (χ0v) is 16.1. The van der Waals surface area contributed by atoms with Gasteiger partial charge >= 0.3 is 0 Å². The van der Waals surface area contributed by atoms with Gasteiger partial charge < -0.3 is 15.0 Å². The summed E-state index contributed by atoms with van der Waals surface area (Å²) in [7, 11) is 3.88. The maximum Gasteiger partial charge on any atom is 0.193 e. The largest absolute Gasteiger partial charge is 0.381 e. The van der Waals surface area contributed by atoms with Gasteiger partial charge in [0, 0.05) is 51.6 Å². The average molecular weight is 356 g/mol. The molecular formula is C19H28N6O. The van der Waals surface area contributed by atoms with Crippen LogP contribution in [0.2, 0.25) is 0 Å². The van der Waals surface area contributed by atoms with Crippen molar-refractivity contribution in [1.82, 2.24) is 25.0 Å². The van der Waals surface area contributed by atoms with Gasteiger partial charge in [0.25, 0.3) is 0 Å². The highest BCUT2D eigenvalue weighted by atomic mass is 16.5. The Balaban J connectivity index is 1.57. The van der Waals surface area contributed by atoms with Gasteiger partial charge in [0.1, 0.15) is 0 Å².